The molecule has 0 saturated heterocycles. The first-order valence-electron chi connectivity index (χ1n) is 6.35. The molecule has 20 heavy (non-hydrogen) atoms. The number of hydrogen-bond donors (Lipinski definition) is 1. The maximum absolute atomic E-state index is 5.92. The molecule has 0 radical (unpaired) electrons. The highest BCUT2D eigenvalue weighted by molar-refractivity contribution is 9.10. The second-order valence-electron chi connectivity index (χ2n) is 4.73. The Morgan fingerprint density at radius 2 is 2.10 bits per heavy atom. The van der Waals surface area contributed by atoms with E-state index in [1.807, 2.05) is 18.2 Å². The van der Waals surface area contributed by atoms with E-state index >= 15 is 0 Å². The van der Waals surface area contributed by atoms with E-state index in [1.54, 1.807) is 18.5 Å². The molecule has 0 aliphatic rings. The Morgan fingerprint density at radius 1 is 1.30 bits per heavy atom. The zero-order chi connectivity index (χ0) is 14.5. The van der Waals surface area contributed by atoms with Crippen LogP contribution in [0.25, 0.3) is 0 Å². The smallest absolute Gasteiger partial charge is 0.147 e. The summed E-state index contributed by atoms with van der Waals surface area (Å²) in [6.07, 6.45) is 3.23. The summed E-state index contributed by atoms with van der Waals surface area (Å²) < 4.78 is 6.89. The minimum Gasteiger partial charge on any atom is -0.455 e. The predicted octanol–water partition coefficient (Wildman–Crippen LogP) is 4.79. The van der Waals surface area contributed by atoms with Crippen molar-refractivity contribution in [2.75, 3.05) is 0 Å². The third-order valence-electron chi connectivity index (χ3n) is 2.63. The molecule has 0 atom stereocenters. The van der Waals surface area contributed by atoms with Crippen LogP contribution in [0.4, 0.5) is 0 Å². The summed E-state index contributed by atoms with van der Waals surface area (Å²) in [5, 5.41) is 3.94. The monoisotopic (exact) mass is 354 g/mol. The van der Waals surface area contributed by atoms with Gasteiger partial charge in [0.25, 0.3) is 0 Å². The first-order valence-corrected chi connectivity index (χ1v) is 7.52. The van der Waals surface area contributed by atoms with Crippen LogP contribution in [0, 0.1) is 0 Å². The lowest BCUT2D eigenvalue weighted by Gasteiger charge is -2.14. The number of pyridine rings is 1. The minimum atomic E-state index is 0.412. The highest BCUT2D eigenvalue weighted by Gasteiger charge is 2.07. The molecule has 2 rings (SSSR count). The van der Waals surface area contributed by atoms with Crippen LogP contribution in [0.3, 0.4) is 0 Å². The van der Waals surface area contributed by atoms with E-state index in [9.17, 15) is 0 Å². The highest BCUT2D eigenvalue weighted by Crippen LogP contribution is 2.28. The summed E-state index contributed by atoms with van der Waals surface area (Å²) >= 11 is 9.40. The molecule has 0 aliphatic carbocycles. The minimum absolute atomic E-state index is 0.412. The molecule has 0 saturated carbocycles. The fourth-order valence-corrected chi connectivity index (χ4v) is 2.25. The lowest BCUT2D eigenvalue weighted by Crippen LogP contribution is -2.22. The predicted molar refractivity (Wildman–Crippen MR) is 85.4 cm³/mol. The maximum atomic E-state index is 5.92. The number of benzene rings is 1. The molecular formula is C15H16BrClN2O. The number of aromatic nitrogens is 1. The van der Waals surface area contributed by atoms with Gasteiger partial charge in [0.05, 0.1) is 11.2 Å². The standard InChI is InChI=1S/C15H16BrClN2O/c1-10(2)19-7-11-5-12(16)3-4-15(11)20-14-6-13(17)8-18-9-14/h3-6,8-10,19H,7H2,1-2H3. The van der Waals surface area contributed by atoms with Gasteiger partial charge in [0.2, 0.25) is 0 Å². The summed E-state index contributed by atoms with van der Waals surface area (Å²) in [5.74, 6) is 1.43. The normalized spacial score (nSPS) is 10.8. The van der Waals surface area contributed by atoms with Gasteiger partial charge in [-0.05, 0) is 18.2 Å². The molecule has 106 valence electrons. The van der Waals surface area contributed by atoms with Gasteiger partial charge in [-0.25, -0.2) is 0 Å². The average Bonchev–Trinajstić information content (AvgIpc) is 2.39. The van der Waals surface area contributed by atoms with Gasteiger partial charge in [-0.3, -0.25) is 4.98 Å². The Bertz CT molecular complexity index is 590. The molecule has 1 aromatic carbocycles. The van der Waals surface area contributed by atoms with Crippen LogP contribution in [0.5, 0.6) is 11.5 Å². The fourth-order valence-electron chi connectivity index (χ4n) is 1.67. The summed E-state index contributed by atoms with van der Waals surface area (Å²) in [6, 6.07) is 8.09. The molecule has 1 N–H and O–H groups in total. The zero-order valence-electron chi connectivity index (χ0n) is 11.4. The average molecular weight is 356 g/mol. The van der Waals surface area contributed by atoms with E-state index in [4.69, 9.17) is 16.3 Å². The maximum Gasteiger partial charge on any atom is 0.147 e. The van der Waals surface area contributed by atoms with Crippen molar-refractivity contribution >= 4 is 27.5 Å². The van der Waals surface area contributed by atoms with Crippen LogP contribution in [-0.4, -0.2) is 11.0 Å². The summed E-state index contributed by atoms with van der Waals surface area (Å²) in [5.41, 5.74) is 1.08. The molecule has 0 amide bonds. The van der Waals surface area contributed by atoms with Crippen LogP contribution in [0.1, 0.15) is 19.4 Å². The number of nitrogens with zero attached hydrogens (tertiary/aromatic N) is 1. The van der Waals surface area contributed by atoms with Crippen molar-refractivity contribution in [3.8, 4) is 11.5 Å². The Morgan fingerprint density at radius 3 is 2.80 bits per heavy atom. The lowest BCUT2D eigenvalue weighted by atomic mass is 10.2. The van der Waals surface area contributed by atoms with Crippen molar-refractivity contribution in [1.82, 2.24) is 10.3 Å². The van der Waals surface area contributed by atoms with Gasteiger partial charge >= 0.3 is 0 Å². The first kappa shape index (κ1) is 15.3. The van der Waals surface area contributed by atoms with Gasteiger partial charge < -0.3 is 10.1 Å². The number of rotatable bonds is 5. The first-order chi connectivity index (χ1) is 9.54. The molecular weight excluding hydrogens is 340 g/mol. The van der Waals surface area contributed by atoms with Crippen molar-refractivity contribution in [2.45, 2.75) is 26.4 Å². The Balaban J connectivity index is 2.21. The van der Waals surface area contributed by atoms with E-state index in [2.05, 4.69) is 40.1 Å². The fraction of sp³-hybridized carbons (Fsp3) is 0.267. The van der Waals surface area contributed by atoms with Gasteiger partial charge in [-0.2, -0.15) is 0 Å². The van der Waals surface area contributed by atoms with Crippen LogP contribution in [-0.2, 0) is 6.54 Å². The van der Waals surface area contributed by atoms with Gasteiger partial charge in [0, 0.05) is 34.9 Å². The van der Waals surface area contributed by atoms with E-state index in [1.165, 1.54) is 0 Å². The highest BCUT2D eigenvalue weighted by atomic mass is 79.9. The van der Waals surface area contributed by atoms with Crippen molar-refractivity contribution < 1.29 is 4.74 Å². The van der Waals surface area contributed by atoms with Crippen LogP contribution in [0.2, 0.25) is 5.02 Å². The van der Waals surface area contributed by atoms with Crippen molar-refractivity contribution in [1.29, 1.82) is 0 Å². The Kier molecular flexibility index (Phi) is 5.40. The molecule has 1 aromatic heterocycles. The van der Waals surface area contributed by atoms with E-state index in [0.717, 1.165) is 22.3 Å². The number of nitrogens with one attached hydrogen (secondary N) is 1. The number of ether oxygens (including phenoxy) is 1. The van der Waals surface area contributed by atoms with Crippen LogP contribution in [0.15, 0.2) is 41.1 Å². The largest absolute Gasteiger partial charge is 0.455 e. The third kappa shape index (κ3) is 4.47. The van der Waals surface area contributed by atoms with Gasteiger partial charge in [0.15, 0.2) is 0 Å². The second-order valence-corrected chi connectivity index (χ2v) is 6.08. The third-order valence-corrected chi connectivity index (χ3v) is 3.33. The van der Waals surface area contributed by atoms with Crippen molar-refractivity contribution in [3.05, 3.63) is 51.7 Å². The SMILES string of the molecule is CC(C)NCc1cc(Br)ccc1Oc1cncc(Cl)c1. The summed E-state index contributed by atoms with van der Waals surface area (Å²) in [6.45, 7) is 4.96. The molecule has 2 aromatic rings. The molecule has 1 heterocycles. The van der Waals surface area contributed by atoms with Gasteiger partial charge in [-0.1, -0.05) is 41.4 Å². The summed E-state index contributed by atoms with van der Waals surface area (Å²) in [4.78, 5) is 4.02. The van der Waals surface area contributed by atoms with Crippen LogP contribution >= 0.6 is 27.5 Å². The molecule has 0 bridgehead atoms. The summed E-state index contributed by atoms with van der Waals surface area (Å²) in [7, 11) is 0. The van der Waals surface area contributed by atoms with Crippen LogP contribution < -0.4 is 10.1 Å². The van der Waals surface area contributed by atoms with Gasteiger partial charge in [-0.15, -0.1) is 0 Å². The topological polar surface area (TPSA) is 34.1 Å². The number of halogens is 2. The molecule has 3 nitrogen and oxygen atoms in total. The van der Waals surface area contributed by atoms with E-state index in [0.29, 0.717) is 16.8 Å². The van der Waals surface area contributed by atoms with E-state index in [-0.39, 0.29) is 0 Å². The van der Waals surface area contributed by atoms with Crippen molar-refractivity contribution in [3.63, 3.8) is 0 Å². The molecule has 0 fully saturated rings. The quantitative estimate of drug-likeness (QED) is 0.837. The lowest BCUT2D eigenvalue weighted by molar-refractivity contribution is 0.467. The molecule has 0 unspecified atom stereocenters. The molecule has 5 heteroatoms. The van der Waals surface area contributed by atoms with E-state index < -0.39 is 0 Å². The molecule has 0 spiro atoms. The molecule has 0 aliphatic heterocycles. The Labute approximate surface area is 132 Å². The number of hydrogen-bond acceptors (Lipinski definition) is 3. The van der Waals surface area contributed by atoms with Gasteiger partial charge in [0.1, 0.15) is 11.5 Å². The van der Waals surface area contributed by atoms with Crippen molar-refractivity contribution in [2.24, 2.45) is 0 Å². The second kappa shape index (κ2) is 7.07. The Hall–Kier alpha value is -1.10. The zero-order valence-corrected chi connectivity index (χ0v) is 13.7.